The zero-order chi connectivity index (χ0) is 21.3. The second kappa shape index (κ2) is 9.19. The smallest absolute Gasteiger partial charge is 0.731 e. The predicted octanol–water partition coefficient (Wildman–Crippen LogP) is -6.27. The molecule has 14 nitrogen and oxygen atoms in total. The number of nitrogens with one attached hydrogen (secondary N) is 3. The van der Waals surface area contributed by atoms with Gasteiger partial charge in [0.05, 0.1) is 6.54 Å². The second-order valence-electron chi connectivity index (χ2n) is 5.66. The standard InChI is InChI=1S/C13H12N6O8S2.Na/c20-10-9(17-19(24)5-14-10)12(22)16-8(7-2-1-3-28-7)11(21)15-6-4-18(13(6)23)29(25,26)27;/h1-3,5-6,8H,4H2,(H,14,20)(H,15,21)(H,16,22)(H,25,26,27);/q;+1/p-1. The van der Waals surface area contributed by atoms with E-state index in [0.717, 1.165) is 11.3 Å². The van der Waals surface area contributed by atoms with E-state index in [0.29, 0.717) is 11.2 Å². The topological polar surface area (TPSA) is 208 Å². The van der Waals surface area contributed by atoms with Crippen molar-refractivity contribution in [2.24, 2.45) is 0 Å². The van der Waals surface area contributed by atoms with Crippen molar-refractivity contribution in [1.29, 1.82) is 0 Å². The van der Waals surface area contributed by atoms with Gasteiger partial charge in [0.1, 0.15) is 12.1 Å². The summed E-state index contributed by atoms with van der Waals surface area (Å²) >= 11 is 1.07. The van der Waals surface area contributed by atoms with Gasteiger partial charge in [0, 0.05) is 4.88 Å². The molecule has 0 aromatic carbocycles. The molecule has 0 bridgehead atoms. The third-order valence-electron chi connectivity index (χ3n) is 3.78. The van der Waals surface area contributed by atoms with Crippen LogP contribution >= 0.6 is 11.3 Å². The summed E-state index contributed by atoms with van der Waals surface area (Å²) in [5, 5.41) is 20.5. The maximum absolute atomic E-state index is 12.6. The molecule has 3 rings (SSSR count). The quantitative estimate of drug-likeness (QED) is 0.121. The number of carbonyl (C=O) groups is 3. The Bertz CT molecular complexity index is 1130. The van der Waals surface area contributed by atoms with Crippen LogP contribution in [0.3, 0.4) is 0 Å². The van der Waals surface area contributed by atoms with Gasteiger partial charge < -0.3 is 20.4 Å². The minimum atomic E-state index is -4.97. The molecule has 2 unspecified atom stereocenters. The second-order valence-corrected chi connectivity index (χ2v) is 7.94. The van der Waals surface area contributed by atoms with E-state index in [2.05, 4.69) is 15.7 Å². The molecular weight excluding hydrogens is 455 g/mol. The zero-order valence-corrected chi connectivity index (χ0v) is 18.7. The Balaban J connectivity index is 0.00000320. The molecule has 0 radical (unpaired) electrons. The molecule has 2 atom stereocenters. The fourth-order valence-corrected chi connectivity index (χ4v) is 3.84. The molecule has 1 aliphatic rings. The molecule has 30 heavy (non-hydrogen) atoms. The number of thiophene rings is 1. The molecule has 3 amide bonds. The first kappa shape index (κ1) is 23.9. The van der Waals surface area contributed by atoms with Gasteiger partial charge in [0.25, 0.3) is 23.8 Å². The van der Waals surface area contributed by atoms with Crippen LogP contribution < -0.4 is 50.6 Å². The van der Waals surface area contributed by atoms with Crippen LogP contribution in [0, 0.1) is 5.21 Å². The summed E-state index contributed by atoms with van der Waals surface area (Å²) in [6.45, 7) is -0.544. The van der Waals surface area contributed by atoms with Crippen LogP contribution in [-0.2, 0) is 19.9 Å². The van der Waals surface area contributed by atoms with E-state index in [9.17, 15) is 37.4 Å². The summed E-state index contributed by atoms with van der Waals surface area (Å²) in [7, 11) is -4.97. The predicted molar refractivity (Wildman–Crippen MR) is 91.7 cm³/mol. The number of aromatic amines is 1. The maximum atomic E-state index is 12.6. The Kier molecular flexibility index (Phi) is 7.32. The van der Waals surface area contributed by atoms with Crippen LogP contribution in [0.4, 0.5) is 0 Å². The Morgan fingerprint density at radius 1 is 1.40 bits per heavy atom. The minimum absolute atomic E-state index is 0. The van der Waals surface area contributed by atoms with Gasteiger partial charge in [-0.15, -0.1) is 16.2 Å². The Morgan fingerprint density at radius 2 is 2.10 bits per heavy atom. The average molecular weight is 466 g/mol. The molecule has 1 saturated heterocycles. The van der Waals surface area contributed by atoms with E-state index in [1.54, 1.807) is 11.4 Å². The van der Waals surface area contributed by atoms with Crippen molar-refractivity contribution >= 4 is 39.4 Å². The Hall–Kier alpha value is -2.37. The molecule has 2 aromatic heterocycles. The fraction of sp³-hybridized carbons (Fsp3) is 0.231. The molecule has 17 heteroatoms. The van der Waals surface area contributed by atoms with Gasteiger partial charge in [-0.05, 0) is 11.4 Å². The molecule has 3 heterocycles. The van der Waals surface area contributed by atoms with Gasteiger partial charge in [0.15, 0.2) is 10.3 Å². The van der Waals surface area contributed by atoms with Crippen LogP contribution in [0.1, 0.15) is 21.4 Å². The molecule has 0 aliphatic carbocycles. The van der Waals surface area contributed by atoms with E-state index in [1.807, 2.05) is 4.98 Å². The van der Waals surface area contributed by atoms with Crippen molar-refractivity contribution in [3.63, 3.8) is 0 Å². The molecule has 3 N–H and O–H groups in total. The van der Waals surface area contributed by atoms with E-state index in [-0.39, 0.29) is 38.7 Å². The number of amides is 3. The van der Waals surface area contributed by atoms with Gasteiger partial charge in [-0.25, -0.2) is 22.5 Å². The summed E-state index contributed by atoms with van der Waals surface area (Å²) in [5.74, 6) is -3.14. The zero-order valence-electron chi connectivity index (χ0n) is 15.1. The summed E-state index contributed by atoms with van der Waals surface area (Å²) in [5.41, 5.74) is -1.76. The number of β-lactam (4-membered cyclic amide) rings is 1. The van der Waals surface area contributed by atoms with Crippen LogP contribution in [0.15, 0.2) is 28.6 Å². The number of nitrogens with zero attached hydrogens (tertiary/aromatic N) is 3. The molecule has 0 saturated carbocycles. The SMILES string of the molecule is O=C(NC(C(=O)NC1CN(S(=O)(=O)[O-])C1=O)c1cccs1)c1n[n+]([O-])c[nH]c1=O.[Na+]. The van der Waals surface area contributed by atoms with Crippen molar-refractivity contribution in [1.82, 2.24) is 25.0 Å². The van der Waals surface area contributed by atoms with Crippen LogP contribution in [0.25, 0.3) is 0 Å². The van der Waals surface area contributed by atoms with Crippen LogP contribution in [-0.4, -0.2) is 57.7 Å². The number of hydrogen-bond acceptors (Lipinski definition) is 10. The van der Waals surface area contributed by atoms with Crippen molar-refractivity contribution < 1.29 is 61.8 Å². The number of H-pyrrole nitrogens is 1. The van der Waals surface area contributed by atoms with E-state index >= 15 is 0 Å². The van der Waals surface area contributed by atoms with Crippen LogP contribution in [0.2, 0.25) is 0 Å². The van der Waals surface area contributed by atoms with Crippen LogP contribution in [0.5, 0.6) is 0 Å². The van der Waals surface area contributed by atoms with E-state index in [4.69, 9.17) is 0 Å². The van der Waals surface area contributed by atoms with Gasteiger partial charge in [0.2, 0.25) is 5.91 Å². The van der Waals surface area contributed by atoms with E-state index < -0.39 is 57.9 Å². The Labute approximate surface area is 194 Å². The van der Waals surface area contributed by atoms with Crippen molar-refractivity contribution in [2.45, 2.75) is 12.1 Å². The maximum Gasteiger partial charge on any atom is 1.00 e. The molecule has 0 spiro atoms. The van der Waals surface area contributed by atoms with E-state index in [1.165, 1.54) is 6.07 Å². The fourth-order valence-electron chi connectivity index (χ4n) is 2.38. The summed E-state index contributed by atoms with van der Waals surface area (Å²) in [4.78, 5) is 50.6. The van der Waals surface area contributed by atoms with Crippen molar-refractivity contribution in [3.05, 3.63) is 50.0 Å². The Morgan fingerprint density at radius 3 is 2.67 bits per heavy atom. The van der Waals surface area contributed by atoms with Gasteiger partial charge in [-0.1, -0.05) is 11.2 Å². The first-order valence-electron chi connectivity index (χ1n) is 7.69. The number of aromatic nitrogens is 3. The monoisotopic (exact) mass is 466 g/mol. The molecule has 154 valence electrons. The molecular formula is C13H11N6NaO8S2. The van der Waals surface area contributed by atoms with Crippen molar-refractivity contribution in [3.8, 4) is 0 Å². The third-order valence-corrected chi connectivity index (χ3v) is 5.58. The van der Waals surface area contributed by atoms with Crippen molar-refractivity contribution in [2.75, 3.05) is 6.54 Å². The summed E-state index contributed by atoms with van der Waals surface area (Å²) < 4.78 is 32.6. The first-order valence-corrected chi connectivity index (χ1v) is 9.93. The van der Waals surface area contributed by atoms with Gasteiger partial charge in [-0.2, -0.15) is 0 Å². The molecule has 1 aliphatic heterocycles. The number of hydrogen-bond donors (Lipinski definition) is 3. The molecule has 1 fully saturated rings. The average Bonchev–Trinajstić information content (AvgIpc) is 3.17. The minimum Gasteiger partial charge on any atom is -0.731 e. The van der Waals surface area contributed by atoms with Gasteiger partial charge >= 0.3 is 35.1 Å². The summed E-state index contributed by atoms with van der Waals surface area (Å²) in [6.07, 6.45) is 0.681. The normalized spacial score (nSPS) is 16.8. The number of rotatable bonds is 6. The van der Waals surface area contributed by atoms with Gasteiger partial charge in [-0.3, -0.25) is 14.4 Å². The third kappa shape index (κ3) is 5.02. The number of carbonyl (C=O) groups excluding carboxylic acids is 3. The molecule has 2 aromatic rings. The first-order chi connectivity index (χ1) is 13.6. The largest absolute Gasteiger partial charge is 1.00 e. The summed E-state index contributed by atoms with van der Waals surface area (Å²) in [6, 6.07) is 0.413.